The molecule has 0 aliphatic heterocycles. The lowest BCUT2D eigenvalue weighted by Crippen LogP contribution is -2.22. The van der Waals surface area contributed by atoms with Gasteiger partial charge in [0.15, 0.2) is 0 Å². The van der Waals surface area contributed by atoms with E-state index in [0.717, 1.165) is 6.08 Å². The van der Waals surface area contributed by atoms with Gasteiger partial charge in [0.05, 0.1) is 0 Å². The molecule has 0 heterocycles. The Balaban J connectivity index is 0.000000344. The zero-order valence-corrected chi connectivity index (χ0v) is 11.3. The zero-order valence-electron chi connectivity index (χ0n) is 11.3. The van der Waals surface area contributed by atoms with Crippen LogP contribution in [0.1, 0.15) is 20.8 Å². The summed E-state index contributed by atoms with van der Waals surface area (Å²) in [6, 6.07) is 8.35. The average Bonchev–Trinajstić information content (AvgIpc) is 2.28. The number of para-hydroxylation sites is 1. The van der Waals surface area contributed by atoms with E-state index in [1.54, 1.807) is 30.3 Å². The van der Waals surface area contributed by atoms with Crippen molar-refractivity contribution in [3.8, 4) is 5.75 Å². The molecule has 1 rings (SSSR count). The van der Waals surface area contributed by atoms with Crippen LogP contribution < -0.4 is 4.74 Å². The first kappa shape index (κ1) is 16.7. The third-order valence-corrected chi connectivity index (χ3v) is 1.52. The van der Waals surface area contributed by atoms with E-state index in [4.69, 9.17) is 9.84 Å². The van der Waals surface area contributed by atoms with Gasteiger partial charge >= 0.3 is 12.1 Å². The first-order valence-corrected chi connectivity index (χ1v) is 5.56. The summed E-state index contributed by atoms with van der Waals surface area (Å²) < 4.78 is 9.16. The van der Waals surface area contributed by atoms with Gasteiger partial charge in [0.25, 0.3) is 0 Å². The molecule has 0 saturated heterocycles. The molecule has 5 heteroatoms. The molecule has 0 bridgehead atoms. The van der Waals surface area contributed by atoms with Gasteiger partial charge in [-0.15, -0.1) is 0 Å². The number of hydrogen-bond donors (Lipinski definition) is 1. The maximum atomic E-state index is 10.5. The van der Waals surface area contributed by atoms with Crippen LogP contribution >= 0.6 is 0 Å². The lowest BCUT2D eigenvalue weighted by molar-refractivity contribution is -0.148. The van der Waals surface area contributed by atoms with E-state index in [9.17, 15) is 9.59 Å². The van der Waals surface area contributed by atoms with Crippen molar-refractivity contribution < 1.29 is 24.2 Å². The van der Waals surface area contributed by atoms with Gasteiger partial charge in [-0.25, -0.2) is 9.59 Å². The average molecular weight is 266 g/mol. The van der Waals surface area contributed by atoms with Crippen LogP contribution in [0.2, 0.25) is 0 Å². The number of rotatable bonds is 2. The van der Waals surface area contributed by atoms with E-state index in [1.807, 2.05) is 20.8 Å². The van der Waals surface area contributed by atoms with Crippen LogP contribution in [-0.4, -0.2) is 22.8 Å². The summed E-state index contributed by atoms with van der Waals surface area (Å²) in [5, 5.41) is 8.14. The fourth-order valence-corrected chi connectivity index (χ4v) is 0.933. The second-order valence-corrected chi connectivity index (χ2v) is 4.42. The maximum Gasteiger partial charge on any atom is 0.511 e. The number of carboxylic acid groups (broad SMARTS) is 1. The van der Waals surface area contributed by atoms with Gasteiger partial charge in [-0.05, 0) is 32.9 Å². The Labute approximate surface area is 112 Å². The fourth-order valence-electron chi connectivity index (χ4n) is 0.933. The smallest absolute Gasteiger partial charge is 0.457 e. The molecule has 104 valence electrons. The third-order valence-electron chi connectivity index (χ3n) is 1.52. The van der Waals surface area contributed by atoms with Gasteiger partial charge in [-0.3, -0.25) is 0 Å². The molecule has 0 atom stereocenters. The Kier molecular flexibility index (Phi) is 6.96. The van der Waals surface area contributed by atoms with Crippen molar-refractivity contribution in [1.29, 1.82) is 0 Å². The first-order valence-electron chi connectivity index (χ1n) is 5.56. The van der Waals surface area contributed by atoms with Crippen molar-refractivity contribution in [2.45, 2.75) is 26.4 Å². The normalized spacial score (nSPS) is 9.63. The van der Waals surface area contributed by atoms with Gasteiger partial charge in [0.1, 0.15) is 11.4 Å². The van der Waals surface area contributed by atoms with Crippen LogP contribution in [0, 0.1) is 0 Å². The topological polar surface area (TPSA) is 72.8 Å². The third kappa shape index (κ3) is 10.6. The minimum Gasteiger partial charge on any atom is -0.457 e. The molecule has 0 radical (unpaired) electrons. The van der Waals surface area contributed by atoms with Crippen molar-refractivity contribution in [1.82, 2.24) is 0 Å². The molecule has 0 unspecified atom stereocenters. The summed E-state index contributed by atoms with van der Waals surface area (Å²) >= 11 is 0. The van der Waals surface area contributed by atoms with E-state index in [1.165, 1.54) is 0 Å². The maximum absolute atomic E-state index is 10.5. The van der Waals surface area contributed by atoms with Crippen LogP contribution in [0.25, 0.3) is 0 Å². The summed E-state index contributed by atoms with van der Waals surface area (Å²) in [5.74, 6) is -0.0301. The number of carbonyl (C=O) groups excluding carboxylic acids is 1. The second-order valence-electron chi connectivity index (χ2n) is 4.42. The van der Waals surface area contributed by atoms with Crippen molar-refractivity contribution >= 4 is 12.1 Å². The first-order chi connectivity index (χ1) is 8.74. The van der Waals surface area contributed by atoms with Gasteiger partial charge in [-0.1, -0.05) is 24.8 Å². The molecule has 1 N–H and O–H groups in total. The lowest BCUT2D eigenvalue weighted by atomic mass is 10.2. The van der Waals surface area contributed by atoms with Crippen LogP contribution in [0.15, 0.2) is 43.0 Å². The summed E-state index contributed by atoms with van der Waals surface area (Å²) in [6.45, 7) is 8.71. The molecule has 5 nitrogen and oxygen atoms in total. The Morgan fingerprint density at radius 3 is 2.05 bits per heavy atom. The predicted molar refractivity (Wildman–Crippen MR) is 71.1 cm³/mol. The van der Waals surface area contributed by atoms with Gasteiger partial charge in [0, 0.05) is 6.08 Å². The Morgan fingerprint density at radius 1 is 1.21 bits per heavy atom. The molecule has 0 saturated carbocycles. The highest BCUT2D eigenvalue weighted by molar-refractivity contribution is 5.81. The molecule has 0 fully saturated rings. The molecule has 0 aromatic heterocycles. The van der Waals surface area contributed by atoms with Gasteiger partial charge in [0.2, 0.25) is 0 Å². The van der Waals surface area contributed by atoms with Crippen molar-refractivity contribution in [2.75, 3.05) is 0 Å². The summed E-state index contributed by atoms with van der Waals surface area (Å²) in [5.41, 5.74) is -0.398. The summed E-state index contributed by atoms with van der Waals surface area (Å²) in [4.78, 5) is 20.4. The van der Waals surface area contributed by atoms with Gasteiger partial charge in [-0.2, -0.15) is 0 Å². The van der Waals surface area contributed by atoms with E-state index < -0.39 is 11.8 Å². The lowest BCUT2D eigenvalue weighted by Gasteiger charge is -2.17. The highest BCUT2D eigenvalue weighted by Crippen LogP contribution is 2.07. The molecular weight excluding hydrogens is 248 g/mol. The van der Waals surface area contributed by atoms with E-state index >= 15 is 0 Å². The fraction of sp³-hybridized carbons (Fsp3) is 0.286. The van der Waals surface area contributed by atoms with Crippen molar-refractivity contribution in [2.24, 2.45) is 0 Å². The number of esters is 1. The number of hydrogen-bond acceptors (Lipinski definition) is 4. The van der Waals surface area contributed by atoms with Crippen LogP contribution in [0.5, 0.6) is 5.75 Å². The van der Waals surface area contributed by atoms with E-state index in [2.05, 4.69) is 11.3 Å². The van der Waals surface area contributed by atoms with Crippen molar-refractivity contribution in [3.05, 3.63) is 43.0 Å². The molecule has 19 heavy (non-hydrogen) atoms. The van der Waals surface area contributed by atoms with Crippen LogP contribution in [0.4, 0.5) is 4.79 Å². The molecule has 0 spiro atoms. The number of carbonyl (C=O) groups is 2. The minimum atomic E-state index is -1.29. The highest BCUT2D eigenvalue weighted by Gasteiger charge is 2.12. The Bertz CT molecular complexity index is 417. The standard InChI is InChI=1S/C7H6O3.C7H12O2/c8-7(9)10-6-4-2-1-3-5-6;1-5-6(8)9-7(2,3)4/h1-5H,(H,8,9);5H,1H2,2-4H3. The molecular formula is C14H18O5. The Morgan fingerprint density at radius 2 is 1.74 bits per heavy atom. The SMILES string of the molecule is C=CC(=O)OC(C)(C)C.O=C(O)Oc1ccccc1. The van der Waals surface area contributed by atoms with Crippen molar-refractivity contribution in [3.63, 3.8) is 0 Å². The van der Waals surface area contributed by atoms with E-state index in [0.29, 0.717) is 5.75 Å². The molecule has 0 amide bonds. The van der Waals surface area contributed by atoms with Crippen LogP contribution in [-0.2, 0) is 9.53 Å². The quantitative estimate of drug-likeness (QED) is 0.505. The number of ether oxygens (including phenoxy) is 2. The molecule has 0 aliphatic carbocycles. The monoisotopic (exact) mass is 266 g/mol. The second kappa shape index (κ2) is 7.92. The molecule has 1 aromatic rings. The van der Waals surface area contributed by atoms with Gasteiger partial charge < -0.3 is 14.6 Å². The van der Waals surface area contributed by atoms with Crippen LogP contribution in [0.3, 0.4) is 0 Å². The van der Waals surface area contributed by atoms with E-state index in [-0.39, 0.29) is 5.97 Å². The molecule has 0 aliphatic rings. The highest BCUT2D eigenvalue weighted by atomic mass is 16.7. The Hall–Kier alpha value is -2.30. The molecule has 1 aromatic carbocycles. The number of benzene rings is 1. The summed E-state index contributed by atoms with van der Waals surface area (Å²) in [6.07, 6.45) is -0.128. The minimum absolute atomic E-state index is 0.343. The summed E-state index contributed by atoms with van der Waals surface area (Å²) in [7, 11) is 0. The zero-order chi connectivity index (χ0) is 14.9. The largest absolute Gasteiger partial charge is 0.511 e. The predicted octanol–water partition coefficient (Wildman–Crippen LogP) is 3.26.